The van der Waals surface area contributed by atoms with Crippen molar-refractivity contribution in [3.63, 3.8) is 0 Å². The monoisotopic (exact) mass is 365 g/mol. The smallest absolute Gasteiger partial charge is 0.234 e. The number of aryl methyl sites for hydroxylation is 1. The van der Waals surface area contributed by atoms with Gasteiger partial charge in [0, 0.05) is 18.7 Å². The summed E-state index contributed by atoms with van der Waals surface area (Å²) in [4.78, 5) is 25.9. The van der Waals surface area contributed by atoms with Crippen LogP contribution in [0.3, 0.4) is 0 Å². The Balaban J connectivity index is 1.49. The number of benzene rings is 2. The summed E-state index contributed by atoms with van der Waals surface area (Å²) in [7, 11) is 0. The number of nitrogens with zero attached hydrogens (tertiary/aromatic N) is 1. The highest BCUT2D eigenvalue weighted by Gasteiger charge is 2.28. The predicted octanol–water partition coefficient (Wildman–Crippen LogP) is 3.10. The van der Waals surface area contributed by atoms with Gasteiger partial charge in [0.05, 0.1) is 6.04 Å². The number of anilines is 1. The van der Waals surface area contributed by atoms with Crippen LogP contribution in [0.25, 0.3) is 0 Å². The van der Waals surface area contributed by atoms with Gasteiger partial charge in [-0.25, -0.2) is 0 Å². The second kappa shape index (κ2) is 9.33. The van der Waals surface area contributed by atoms with Gasteiger partial charge in [0.1, 0.15) is 0 Å². The van der Waals surface area contributed by atoms with Gasteiger partial charge in [0.2, 0.25) is 11.8 Å². The van der Waals surface area contributed by atoms with E-state index in [9.17, 15) is 9.59 Å². The quantitative estimate of drug-likeness (QED) is 0.755. The Morgan fingerprint density at radius 1 is 1.07 bits per heavy atom. The van der Waals surface area contributed by atoms with Crippen LogP contribution in [0.1, 0.15) is 36.8 Å². The zero-order valence-corrected chi connectivity index (χ0v) is 15.6. The fourth-order valence-electron chi connectivity index (χ4n) is 3.64. The van der Waals surface area contributed by atoms with Crippen molar-refractivity contribution in [2.75, 3.05) is 11.9 Å². The summed E-state index contributed by atoms with van der Waals surface area (Å²) in [6.07, 6.45) is 4.04. The molecule has 0 saturated carbocycles. The van der Waals surface area contributed by atoms with Crippen LogP contribution < -0.4 is 11.1 Å². The maximum Gasteiger partial charge on any atom is 0.234 e. The normalized spacial score (nSPS) is 17.0. The highest BCUT2D eigenvalue weighted by Crippen LogP contribution is 2.21. The van der Waals surface area contributed by atoms with Crippen LogP contribution in [-0.2, 0) is 22.6 Å². The Kier molecular flexibility index (Phi) is 6.60. The first kappa shape index (κ1) is 19.1. The number of carbonyl (C=O) groups is 2. The standard InChI is InChI=1S/C22H27N3O2/c23-22(27)20-12-6-14-25(20)16-18-10-4-11-19(15-18)24-21(26)13-5-9-17-7-2-1-3-8-17/h1-4,7-8,10-11,15,20H,5-6,9,12-14,16H2,(H2,23,27)(H,24,26)/t20-/m1/s1. The number of rotatable bonds is 8. The Bertz CT molecular complexity index is 776. The first-order valence-corrected chi connectivity index (χ1v) is 9.58. The molecule has 0 spiro atoms. The molecule has 2 amide bonds. The molecule has 1 saturated heterocycles. The Labute approximate surface area is 160 Å². The summed E-state index contributed by atoms with van der Waals surface area (Å²) in [5, 5.41) is 2.98. The maximum atomic E-state index is 12.2. The van der Waals surface area contributed by atoms with Crippen LogP contribution >= 0.6 is 0 Å². The average Bonchev–Trinajstić information content (AvgIpc) is 3.11. The fraction of sp³-hybridized carbons (Fsp3) is 0.364. The second-order valence-electron chi connectivity index (χ2n) is 7.12. The van der Waals surface area contributed by atoms with E-state index in [1.54, 1.807) is 0 Å². The number of hydrogen-bond acceptors (Lipinski definition) is 3. The van der Waals surface area contributed by atoms with Crippen molar-refractivity contribution in [1.29, 1.82) is 0 Å². The Morgan fingerprint density at radius 2 is 1.85 bits per heavy atom. The summed E-state index contributed by atoms with van der Waals surface area (Å²) >= 11 is 0. The lowest BCUT2D eigenvalue weighted by atomic mass is 10.1. The van der Waals surface area contributed by atoms with Crippen molar-refractivity contribution in [3.8, 4) is 0 Å². The third kappa shape index (κ3) is 5.66. The number of hydrogen-bond donors (Lipinski definition) is 2. The largest absolute Gasteiger partial charge is 0.368 e. The molecule has 27 heavy (non-hydrogen) atoms. The molecule has 5 heteroatoms. The third-order valence-electron chi connectivity index (χ3n) is 5.00. The number of primary amides is 1. The number of nitrogens with two attached hydrogens (primary N) is 1. The molecule has 1 heterocycles. The van der Waals surface area contributed by atoms with Crippen LogP contribution in [0.2, 0.25) is 0 Å². The molecule has 1 fully saturated rings. The first-order valence-electron chi connectivity index (χ1n) is 9.58. The van der Waals surface area contributed by atoms with Gasteiger partial charge in [-0.1, -0.05) is 42.5 Å². The highest BCUT2D eigenvalue weighted by molar-refractivity contribution is 5.90. The first-order chi connectivity index (χ1) is 13.1. The van der Waals surface area contributed by atoms with Gasteiger partial charge in [0.15, 0.2) is 0 Å². The van der Waals surface area contributed by atoms with Gasteiger partial charge in [-0.3, -0.25) is 14.5 Å². The van der Waals surface area contributed by atoms with Crippen LogP contribution in [0, 0.1) is 0 Å². The average molecular weight is 365 g/mol. The topological polar surface area (TPSA) is 75.4 Å². The van der Waals surface area contributed by atoms with Crippen LogP contribution in [0.5, 0.6) is 0 Å². The van der Waals surface area contributed by atoms with Gasteiger partial charge in [0.25, 0.3) is 0 Å². The number of carbonyl (C=O) groups excluding carboxylic acids is 2. The van der Waals surface area contributed by atoms with Crippen LogP contribution in [0.15, 0.2) is 54.6 Å². The minimum absolute atomic E-state index is 0.0271. The number of amides is 2. The zero-order valence-electron chi connectivity index (χ0n) is 15.6. The third-order valence-corrected chi connectivity index (χ3v) is 5.00. The van der Waals surface area contributed by atoms with E-state index in [-0.39, 0.29) is 17.9 Å². The molecular formula is C22H27N3O2. The SMILES string of the molecule is NC(=O)[C@H]1CCCN1Cc1cccc(NC(=O)CCCc2ccccc2)c1. The van der Waals surface area contributed by atoms with Gasteiger partial charge >= 0.3 is 0 Å². The fourth-order valence-corrected chi connectivity index (χ4v) is 3.64. The lowest BCUT2D eigenvalue weighted by molar-refractivity contribution is -0.122. The van der Waals surface area contributed by atoms with E-state index in [1.807, 2.05) is 42.5 Å². The summed E-state index contributed by atoms with van der Waals surface area (Å²) in [5.74, 6) is -0.227. The molecule has 3 rings (SSSR count). The summed E-state index contributed by atoms with van der Waals surface area (Å²) in [6.45, 7) is 1.55. The Hall–Kier alpha value is -2.66. The van der Waals surface area contributed by atoms with E-state index in [1.165, 1.54) is 5.56 Å². The number of likely N-dealkylation sites (tertiary alicyclic amines) is 1. The maximum absolute atomic E-state index is 12.2. The van der Waals surface area contributed by atoms with Gasteiger partial charge in [-0.15, -0.1) is 0 Å². The molecule has 3 N–H and O–H groups in total. The summed E-state index contributed by atoms with van der Waals surface area (Å²) in [6, 6.07) is 17.8. The van der Waals surface area contributed by atoms with E-state index in [0.29, 0.717) is 13.0 Å². The van der Waals surface area contributed by atoms with Crippen molar-refractivity contribution < 1.29 is 9.59 Å². The number of nitrogens with one attached hydrogen (secondary N) is 1. The zero-order chi connectivity index (χ0) is 19.1. The molecule has 0 unspecified atom stereocenters. The lowest BCUT2D eigenvalue weighted by Crippen LogP contribution is -2.39. The molecule has 1 atom stereocenters. The molecule has 2 aromatic carbocycles. The van der Waals surface area contributed by atoms with Crippen molar-refractivity contribution in [3.05, 3.63) is 65.7 Å². The van der Waals surface area contributed by atoms with Crippen LogP contribution in [0.4, 0.5) is 5.69 Å². The molecule has 0 aromatic heterocycles. The van der Waals surface area contributed by atoms with E-state index >= 15 is 0 Å². The minimum atomic E-state index is -0.254. The second-order valence-corrected chi connectivity index (χ2v) is 7.12. The lowest BCUT2D eigenvalue weighted by Gasteiger charge is -2.22. The molecule has 0 radical (unpaired) electrons. The van der Waals surface area contributed by atoms with E-state index in [0.717, 1.165) is 43.5 Å². The molecule has 0 bridgehead atoms. The molecule has 1 aliphatic rings. The molecular weight excluding hydrogens is 338 g/mol. The predicted molar refractivity (Wildman–Crippen MR) is 107 cm³/mol. The van der Waals surface area contributed by atoms with E-state index in [4.69, 9.17) is 5.73 Å². The highest BCUT2D eigenvalue weighted by atomic mass is 16.2. The molecule has 1 aliphatic heterocycles. The van der Waals surface area contributed by atoms with Crippen molar-refractivity contribution >= 4 is 17.5 Å². The van der Waals surface area contributed by atoms with E-state index < -0.39 is 0 Å². The Morgan fingerprint density at radius 3 is 2.63 bits per heavy atom. The summed E-state index contributed by atoms with van der Waals surface area (Å²) in [5.41, 5.74) is 8.61. The van der Waals surface area contributed by atoms with E-state index in [2.05, 4.69) is 22.3 Å². The van der Waals surface area contributed by atoms with Gasteiger partial charge in [-0.2, -0.15) is 0 Å². The molecule has 0 aliphatic carbocycles. The molecule has 142 valence electrons. The van der Waals surface area contributed by atoms with Gasteiger partial charge < -0.3 is 11.1 Å². The van der Waals surface area contributed by atoms with Crippen molar-refractivity contribution in [2.24, 2.45) is 5.73 Å². The van der Waals surface area contributed by atoms with Crippen molar-refractivity contribution in [1.82, 2.24) is 4.90 Å². The minimum Gasteiger partial charge on any atom is -0.368 e. The molecule has 2 aromatic rings. The van der Waals surface area contributed by atoms with Gasteiger partial charge in [-0.05, 0) is 55.5 Å². The summed E-state index contributed by atoms with van der Waals surface area (Å²) < 4.78 is 0. The van der Waals surface area contributed by atoms with Crippen molar-refractivity contribution in [2.45, 2.75) is 44.7 Å². The molecule has 5 nitrogen and oxygen atoms in total. The van der Waals surface area contributed by atoms with Crippen LogP contribution in [-0.4, -0.2) is 29.3 Å².